The molecule has 21 heavy (non-hydrogen) atoms. The Morgan fingerprint density at radius 1 is 1.38 bits per heavy atom. The molecule has 1 heterocycles. The lowest BCUT2D eigenvalue weighted by Gasteiger charge is -2.13. The third-order valence-electron chi connectivity index (χ3n) is 3.22. The summed E-state index contributed by atoms with van der Waals surface area (Å²) in [6, 6.07) is -0.0447. The average Bonchev–Trinajstić information content (AvgIpc) is 2.82. The minimum Gasteiger partial charge on any atom is -0.348 e. The number of H-pyrrole nitrogens is 1. The second kappa shape index (κ2) is 7.79. The maximum Gasteiger partial charge on any atom is 0.273 e. The molecule has 0 aliphatic rings. The smallest absolute Gasteiger partial charge is 0.273 e. The second-order valence-electron chi connectivity index (χ2n) is 5.04. The number of nitrogens with zero attached hydrogens (tertiary/aromatic N) is 1. The lowest BCUT2D eigenvalue weighted by Crippen LogP contribution is -2.33. The van der Waals surface area contributed by atoms with Gasteiger partial charge in [0.2, 0.25) is 0 Å². The van der Waals surface area contributed by atoms with Crippen LogP contribution in [0.25, 0.3) is 0 Å². The van der Waals surface area contributed by atoms with Gasteiger partial charge >= 0.3 is 0 Å². The van der Waals surface area contributed by atoms with Crippen molar-refractivity contribution in [1.82, 2.24) is 15.5 Å². The molecular weight excluding hydrogens is 314 g/mol. The van der Waals surface area contributed by atoms with Gasteiger partial charge < -0.3 is 5.32 Å². The van der Waals surface area contributed by atoms with E-state index in [1.165, 1.54) is 0 Å². The first-order valence-corrected chi connectivity index (χ1v) is 9.44. The van der Waals surface area contributed by atoms with Gasteiger partial charge in [-0.1, -0.05) is 33.1 Å². The van der Waals surface area contributed by atoms with Crippen LogP contribution < -0.4 is 5.32 Å². The number of aryl methyl sites for hydroxylation is 1. The fraction of sp³-hybridized carbons (Fsp3) is 0.692. The van der Waals surface area contributed by atoms with Crippen molar-refractivity contribution in [2.75, 3.05) is 0 Å². The van der Waals surface area contributed by atoms with E-state index in [4.69, 9.17) is 10.7 Å². The van der Waals surface area contributed by atoms with Crippen LogP contribution >= 0.6 is 10.7 Å². The summed E-state index contributed by atoms with van der Waals surface area (Å²) in [7, 11) is 1.39. The Morgan fingerprint density at radius 3 is 2.57 bits per heavy atom. The molecule has 0 aromatic carbocycles. The highest BCUT2D eigenvalue weighted by atomic mass is 35.7. The van der Waals surface area contributed by atoms with Crippen LogP contribution in [0.15, 0.2) is 4.90 Å². The first kappa shape index (κ1) is 18.0. The van der Waals surface area contributed by atoms with E-state index in [9.17, 15) is 13.2 Å². The predicted octanol–water partition coefficient (Wildman–Crippen LogP) is 2.60. The summed E-state index contributed by atoms with van der Waals surface area (Å²) in [6.07, 6.45) is 4.46. The Bertz CT molecular complexity index is 583. The Labute approximate surface area is 130 Å². The molecule has 1 unspecified atom stereocenters. The molecule has 1 aromatic heterocycles. The maximum absolute atomic E-state index is 12.2. The van der Waals surface area contributed by atoms with Gasteiger partial charge in [0, 0.05) is 16.7 Å². The van der Waals surface area contributed by atoms with Crippen LogP contribution in [-0.4, -0.2) is 30.6 Å². The van der Waals surface area contributed by atoms with E-state index in [1.54, 1.807) is 6.92 Å². The Hall–Kier alpha value is -1.08. The van der Waals surface area contributed by atoms with Crippen molar-refractivity contribution in [2.45, 2.75) is 63.8 Å². The summed E-state index contributed by atoms with van der Waals surface area (Å²) in [6.45, 7) is 5.75. The van der Waals surface area contributed by atoms with Crippen LogP contribution in [0.5, 0.6) is 0 Å². The molecule has 2 N–H and O–H groups in total. The zero-order valence-corrected chi connectivity index (χ0v) is 14.1. The topological polar surface area (TPSA) is 91.9 Å². The van der Waals surface area contributed by atoms with Crippen molar-refractivity contribution in [3.05, 3.63) is 11.4 Å². The van der Waals surface area contributed by atoms with Gasteiger partial charge in [0.05, 0.1) is 5.69 Å². The zero-order valence-electron chi connectivity index (χ0n) is 12.6. The molecule has 1 amide bonds. The Morgan fingerprint density at radius 2 is 2.05 bits per heavy atom. The number of aromatic nitrogens is 2. The van der Waals surface area contributed by atoms with Crippen LogP contribution in [0.3, 0.4) is 0 Å². The van der Waals surface area contributed by atoms with Crippen LogP contribution in [-0.2, 0) is 15.5 Å². The number of nitrogens with one attached hydrogen (secondary N) is 2. The molecule has 0 aliphatic carbocycles. The second-order valence-corrected chi connectivity index (χ2v) is 7.54. The van der Waals surface area contributed by atoms with E-state index in [2.05, 4.69) is 22.4 Å². The Kier molecular flexibility index (Phi) is 6.67. The van der Waals surface area contributed by atoms with E-state index in [0.717, 1.165) is 25.7 Å². The molecule has 0 aliphatic heterocycles. The predicted molar refractivity (Wildman–Crippen MR) is 82.1 cm³/mol. The number of carbonyl (C=O) groups is 1. The highest BCUT2D eigenvalue weighted by Gasteiger charge is 2.28. The Balaban J connectivity index is 2.86. The molecule has 6 nitrogen and oxygen atoms in total. The summed E-state index contributed by atoms with van der Waals surface area (Å²) in [4.78, 5) is 12.0. The number of rotatable bonds is 8. The summed E-state index contributed by atoms with van der Waals surface area (Å²) in [5.41, 5.74) is 0.179. The van der Waals surface area contributed by atoms with Gasteiger partial charge in [-0.3, -0.25) is 9.89 Å². The molecule has 1 rings (SSSR count). The molecular formula is C13H22ClN3O3S. The van der Waals surface area contributed by atoms with E-state index >= 15 is 0 Å². The van der Waals surface area contributed by atoms with E-state index in [1.807, 2.05) is 6.92 Å². The first-order chi connectivity index (χ1) is 9.81. The molecule has 8 heteroatoms. The molecule has 0 spiro atoms. The lowest BCUT2D eigenvalue weighted by atomic mass is 10.1. The van der Waals surface area contributed by atoms with Crippen LogP contribution in [0.4, 0.5) is 0 Å². The van der Waals surface area contributed by atoms with Crippen molar-refractivity contribution in [1.29, 1.82) is 0 Å². The zero-order chi connectivity index (χ0) is 16.0. The van der Waals surface area contributed by atoms with Gasteiger partial charge in [0.1, 0.15) is 4.90 Å². The van der Waals surface area contributed by atoms with Gasteiger partial charge in [0.15, 0.2) is 5.69 Å². The molecule has 1 atom stereocenters. The SMILES string of the molecule is CCCCCC(C)NC(=O)c1n[nH]c(CC)c1S(=O)(=O)Cl. The summed E-state index contributed by atoms with van der Waals surface area (Å²) in [5.74, 6) is -0.519. The van der Waals surface area contributed by atoms with Crippen molar-refractivity contribution >= 4 is 25.6 Å². The van der Waals surface area contributed by atoms with Crippen LogP contribution in [0.1, 0.15) is 62.6 Å². The molecule has 1 aromatic rings. The summed E-state index contributed by atoms with van der Waals surface area (Å²) in [5, 5.41) is 9.13. The number of unbranched alkanes of at least 4 members (excludes halogenated alkanes) is 2. The summed E-state index contributed by atoms with van der Waals surface area (Å²) >= 11 is 0. The maximum atomic E-state index is 12.2. The minimum absolute atomic E-state index is 0.0447. The summed E-state index contributed by atoms with van der Waals surface area (Å²) < 4.78 is 23.2. The molecule has 120 valence electrons. The normalized spacial score (nSPS) is 13.1. The van der Waals surface area contributed by atoms with Gasteiger partial charge in [0.25, 0.3) is 15.0 Å². The number of aromatic amines is 1. The molecule has 0 radical (unpaired) electrons. The largest absolute Gasteiger partial charge is 0.348 e. The average molecular weight is 336 g/mol. The van der Waals surface area contributed by atoms with Crippen molar-refractivity contribution < 1.29 is 13.2 Å². The highest BCUT2D eigenvalue weighted by Crippen LogP contribution is 2.23. The quantitative estimate of drug-likeness (QED) is 0.564. The minimum atomic E-state index is -4.02. The van der Waals surface area contributed by atoms with E-state index < -0.39 is 15.0 Å². The molecule has 0 fully saturated rings. The molecule has 0 bridgehead atoms. The highest BCUT2D eigenvalue weighted by molar-refractivity contribution is 8.13. The van der Waals surface area contributed by atoms with Crippen LogP contribution in [0, 0.1) is 0 Å². The standard InChI is InChI=1S/C13H22ClN3O3S/c1-4-6-7-8-9(3)15-13(18)11-12(21(14,19)20)10(5-2)16-17-11/h9H,4-8H2,1-3H3,(H,15,18)(H,16,17). The number of hydrogen-bond acceptors (Lipinski definition) is 4. The van der Waals surface area contributed by atoms with Crippen molar-refractivity contribution in [3.8, 4) is 0 Å². The van der Waals surface area contributed by atoms with E-state index in [0.29, 0.717) is 12.1 Å². The van der Waals surface area contributed by atoms with Crippen molar-refractivity contribution in [2.24, 2.45) is 0 Å². The number of halogens is 1. The fourth-order valence-corrected chi connectivity index (χ4v) is 3.44. The van der Waals surface area contributed by atoms with Gasteiger partial charge in [-0.05, 0) is 19.8 Å². The number of amides is 1. The molecule has 0 saturated carbocycles. The number of carbonyl (C=O) groups excluding carboxylic acids is 1. The lowest BCUT2D eigenvalue weighted by molar-refractivity contribution is 0.0929. The van der Waals surface area contributed by atoms with Gasteiger partial charge in [-0.15, -0.1) is 0 Å². The van der Waals surface area contributed by atoms with Crippen molar-refractivity contribution in [3.63, 3.8) is 0 Å². The van der Waals surface area contributed by atoms with Gasteiger partial charge in [-0.25, -0.2) is 8.42 Å². The monoisotopic (exact) mass is 335 g/mol. The third-order valence-corrected chi connectivity index (χ3v) is 4.61. The van der Waals surface area contributed by atoms with Gasteiger partial charge in [-0.2, -0.15) is 5.10 Å². The third kappa shape index (κ3) is 5.00. The number of hydrogen-bond donors (Lipinski definition) is 2. The molecule has 0 saturated heterocycles. The van der Waals surface area contributed by atoms with Crippen LogP contribution in [0.2, 0.25) is 0 Å². The van der Waals surface area contributed by atoms with E-state index in [-0.39, 0.29) is 16.6 Å². The first-order valence-electron chi connectivity index (χ1n) is 7.14. The fourth-order valence-electron chi connectivity index (χ4n) is 2.09.